The van der Waals surface area contributed by atoms with Crippen molar-refractivity contribution in [3.05, 3.63) is 24.3 Å². The fourth-order valence-electron chi connectivity index (χ4n) is 2.43. The van der Waals surface area contributed by atoms with Gasteiger partial charge in [0, 0.05) is 5.54 Å². The normalized spacial score (nSPS) is 18.8. The number of amides is 1. The minimum Gasteiger partial charge on any atom is -0.397 e. The molecule has 4 heteroatoms. The summed E-state index contributed by atoms with van der Waals surface area (Å²) in [6.07, 6.45) is 2.31. The predicted molar refractivity (Wildman–Crippen MR) is 74.4 cm³/mol. The lowest BCUT2D eigenvalue weighted by atomic mass is 10.0. The first-order chi connectivity index (χ1) is 8.49. The van der Waals surface area contributed by atoms with E-state index < -0.39 is 0 Å². The number of rotatable bonds is 3. The molecular formula is C14H21N3O. The van der Waals surface area contributed by atoms with Crippen molar-refractivity contribution in [2.45, 2.75) is 32.2 Å². The average molecular weight is 247 g/mol. The number of nitrogens with zero attached hydrogens (tertiary/aromatic N) is 1. The van der Waals surface area contributed by atoms with Gasteiger partial charge in [-0.15, -0.1) is 0 Å². The van der Waals surface area contributed by atoms with Crippen LogP contribution in [-0.2, 0) is 4.79 Å². The van der Waals surface area contributed by atoms with Gasteiger partial charge in [-0.25, -0.2) is 0 Å². The summed E-state index contributed by atoms with van der Waals surface area (Å²) in [5, 5.41) is 2.87. The molecule has 1 saturated heterocycles. The number of nitrogens with two attached hydrogens (primary N) is 1. The molecule has 18 heavy (non-hydrogen) atoms. The first kappa shape index (κ1) is 12.9. The van der Waals surface area contributed by atoms with Crippen LogP contribution in [0, 0.1) is 0 Å². The zero-order valence-corrected chi connectivity index (χ0v) is 11.1. The number of hydrogen-bond acceptors (Lipinski definition) is 3. The molecule has 1 aromatic carbocycles. The molecule has 1 aliphatic rings. The Hall–Kier alpha value is -1.55. The Kier molecular flexibility index (Phi) is 3.57. The molecule has 3 N–H and O–H groups in total. The van der Waals surface area contributed by atoms with Crippen LogP contribution < -0.4 is 11.1 Å². The SMILES string of the molecule is CC1(C)CCCN1CC(=O)Nc1ccccc1N. The van der Waals surface area contributed by atoms with Crippen molar-refractivity contribution in [3.63, 3.8) is 0 Å². The van der Waals surface area contributed by atoms with Gasteiger partial charge in [-0.1, -0.05) is 12.1 Å². The maximum atomic E-state index is 12.0. The molecule has 0 radical (unpaired) electrons. The Morgan fingerprint density at radius 2 is 2.17 bits per heavy atom. The van der Waals surface area contributed by atoms with Gasteiger partial charge in [0.25, 0.3) is 0 Å². The van der Waals surface area contributed by atoms with Crippen molar-refractivity contribution >= 4 is 17.3 Å². The van der Waals surface area contributed by atoms with Gasteiger partial charge in [0.1, 0.15) is 0 Å². The summed E-state index contributed by atoms with van der Waals surface area (Å²) in [6, 6.07) is 7.33. The molecule has 1 aliphatic heterocycles. The van der Waals surface area contributed by atoms with Crippen LogP contribution in [-0.4, -0.2) is 29.4 Å². The summed E-state index contributed by atoms with van der Waals surface area (Å²) < 4.78 is 0. The van der Waals surface area contributed by atoms with Gasteiger partial charge < -0.3 is 11.1 Å². The van der Waals surface area contributed by atoms with Crippen LogP contribution in [0.2, 0.25) is 0 Å². The first-order valence-corrected chi connectivity index (χ1v) is 6.38. The monoisotopic (exact) mass is 247 g/mol. The molecule has 0 saturated carbocycles. The van der Waals surface area contributed by atoms with Gasteiger partial charge in [0.05, 0.1) is 17.9 Å². The lowest BCUT2D eigenvalue weighted by Gasteiger charge is -2.30. The van der Waals surface area contributed by atoms with Crippen molar-refractivity contribution in [2.24, 2.45) is 0 Å². The number of para-hydroxylation sites is 2. The second kappa shape index (κ2) is 4.98. The highest BCUT2D eigenvalue weighted by Crippen LogP contribution is 2.27. The summed E-state index contributed by atoms with van der Waals surface area (Å²) >= 11 is 0. The predicted octanol–water partition coefficient (Wildman–Crippen LogP) is 2.08. The molecule has 1 amide bonds. The molecule has 0 spiro atoms. The Balaban J connectivity index is 1.95. The second-order valence-electron chi connectivity index (χ2n) is 5.47. The van der Waals surface area contributed by atoms with E-state index >= 15 is 0 Å². The smallest absolute Gasteiger partial charge is 0.238 e. The molecule has 0 unspecified atom stereocenters. The van der Waals surface area contributed by atoms with Crippen LogP contribution in [0.3, 0.4) is 0 Å². The van der Waals surface area contributed by atoms with Gasteiger partial charge in [-0.3, -0.25) is 9.69 Å². The standard InChI is InChI=1S/C14H21N3O/c1-14(2)8-5-9-17(14)10-13(18)16-12-7-4-3-6-11(12)15/h3-4,6-7H,5,8-10,15H2,1-2H3,(H,16,18). The highest BCUT2D eigenvalue weighted by molar-refractivity contribution is 5.95. The molecule has 1 aromatic rings. The summed E-state index contributed by atoms with van der Waals surface area (Å²) in [4.78, 5) is 14.2. The molecular weight excluding hydrogens is 226 g/mol. The molecule has 1 fully saturated rings. The van der Waals surface area contributed by atoms with E-state index in [1.54, 1.807) is 6.07 Å². The van der Waals surface area contributed by atoms with Crippen LogP contribution in [0.15, 0.2) is 24.3 Å². The summed E-state index contributed by atoms with van der Waals surface area (Å²) in [6.45, 7) is 5.79. The van der Waals surface area contributed by atoms with Gasteiger partial charge >= 0.3 is 0 Å². The van der Waals surface area contributed by atoms with E-state index in [1.165, 1.54) is 0 Å². The molecule has 0 atom stereocenters. The van der Waals surface area contributed by atoms with E-state index in [0.717, 1.165) is 19.4 Å². The van der Waals surface area contributed by atoms with Gasteiger partial charge in [-0.2, -0.15) is 0 Å². The first-order valence-electron chi connectivity index (χ1n) is 6.38. The Labute approximate surface area is 108 Å². The van der Waals surface area contributed by atoms with Gasteiger partial charge in [-0.05, 0) is 45.4 Å². The van der Waals surface area contributed by atoms with E-state index in [4.69, 9.17) is 5.73 Å². The third-order valence-corrected chi connectivity index (χ3v) is 3.64. The number of nitrogens with one attached hydrogen (secondary N) is 1. The minimum absolute atomic E-state index is 0.00266. The van der Waals surface area contributed by atoms with Gasteiger partial charge in [0.2, 0.25) is 5.91 Å². The van der Waals surface area contributed by atoms with E-state index in [-0.39, 0.29) is 11.4 Å². The number of likely N-dealkylation sites (tertiary alicyclic amines) is 1. The Bertz CT molecular complexity index is 442. The third kappa shape index (κ3) is 2.82. The maximum absolute atomic E-state index is 12.0. The van der Waals surface area contributed by atoms with Crippen molar-refractivity contribution in [1.82, 2.24) is 4.90 Å². The zero-order chi connectivity index (χ0) is 13.2. The van der Waals surface area contributed by atoms with Crippen LogP contribution in [0.1, 0.15) is 26.7 Å². The topological polar surface area (TPSA) is 58.4 Å². The lowest BCUT2D eigenvalue weighted by molar-refractivity contribution is -0.118. The van der Waals surface area contributed by atoms with Crippen LogP contribution in [0.4, 0.5) is 11.4 Å². The van der Waals surface area contributed by atoms with Crippen LogP contribution in [0.25, 0.3) is 0 Å². The highest BCUT2D eigenvalue weighted by Gasteiger charge is 2.32. The molecule has 0 aliphatic carbocycles. The fourth-order valence-corrected chi connectivity index (χ4v) is 2.43. The molecule has 0 bridgehead atoms. The summed E-state index contributed by atoms with van der Waals surface area (Å²) in [5.41, 5.74) is 7.22. The number of carbonyl (C=O) groups excluding carboxylic acids is 1. The van der Waals surface area contributed by atoms with E-state index in [0.29, 0.717) is 17.9 Å². The number of nitrogen functional groups attached to an aromatic ring is 1. The van der Waals surface area contributed by atoms with Crippen molar-refractivity contribution < 1.29 is 4.79 Å². The number of anilines is 2. The Morgan fingerprint density at radius 1 is 1.44 bits per heavy atom. The van der Waals surface area contributed by atoms with Crippen molar-refractivity contribution in [2.75, 3.05) is 24.1 Å². The van der Waals surface area contributed by atoms with Crippen LogP contribution >= 0.6 is 0 Å². The maximum Gasteiger partial charge on any atom is 0.238 e. The Morgan fingerprint density at radius 3 is 2.78 bits per heavy atom. The molecule has 4 nitrogen and oxygen atoms in total. The molecule has 1 heterocycles. The average Bonchev–Trinajstić information content (AvgIpc) is 2.62. The summed E-state index contributed by atoms with van der Waals surface area (Å²) in [5.74, 6) is 0.00266. The van der Waals surface area contributed by atoms with Crippen molar-refractivity contribution in [1.29, 1.82) is 0 Å². The third-order valence-electron chi connectivity index (χ3n) is 3.64. The minimum atomic E-state index is 0.00266. The zero-order valence-electron chi connectivity index (χ0n) is 11.1. The largest absolute Gasteiger partial charge is 0.397 e. The molecule has 0 aromatic heterocycles. The highest BCUT2D eigenvalue weighted by atomic mass is 16.2. The van der Waals surface area contributed by atoms with Gasteiger partial charge in [0.15, 0.2) is 0 Å². The van der Waals surface area contributed by atoms with E-state index in [9.17, 15) is 4.79 Å². The second-order valence-corrected chi connectivity index (χ2v) is 5.47. The fraction of sp³-hybridized carbons (Fsp3) is 0.500. The molecule has 2 rings (SSSR count). The number of hydrogen-bond donors (Lipinski definition) is 2. The number of carbonyl (C=O) groups is 1. The van der Waals surface area contributed by atoms with Crippen molar-refractivity contribution in [3.8, 4) is 0 Å². The van der Waals surface area contributed by atoms with E-state index in [1.807, 2.05) is 18.2 Å². The molecule has 98 valence electrons. The van der Waals surface area contributed by atoms with Crippen LogP contribution in [0.5, 0.6) is 0 Å². The summed E-state index contributed by atoms with van der Waals surface area (Å²) in [7, 11) is 0. The number of benzene rings is 1. The van der Waals surface area contributed by atoms with E-state index in [2.05, 4.69) is 24.1 Å². The quantitative estimate of drug-likeness (QED) is 0.804. The lowest BCUT2D eigenvalue weighted by Crippen LogP contribution is -2.43.